The zero-order valence-electron chi connectivity index (χ0n) is 13.8. The largest absolute Gasteiger partial charge is 0.486 e. The Bertz CT molecular complexity index is 784. The van der Waals surface area contributed by atoms with Crippen molar-refractivity contribution in [2.24, 2.45) is 0 Å². The van der Waals surface area contributed by atoms with Gasteiger partial charge in [0.25, 0.3) is 5.91 Å². The molecule has 1 heterocycles. The lowest BCUT2D eigenvalue weighted by Crippen LogP contribution is -2.27. The monoisotopic (exact) mass is 323 g/mol. The Kier molecular flexibility index (Phi) is 3.89. The minimum absolute atomic E-state index is 0.0309. The minimum Gasteiger partial charge on any atom is -0.486 e. The van der Waals surface area contributed by atoms with Crippen LogP contribution in [0.2, 0.25) is 0 Å². The first-order valence-electron chi connectivity index (χ1n) is 8.53. The summed E-state index contributed by atoms with van der Waals surface area (Å²) in [6, 6.07) is 11.8. The van der Waals surface area contributed by atoms with Crippen molar-refractivity contribution in [1.29, 1.82) is 0 Å². The van der Waals surface area contributed by atoms with E-state index in [0.29, 0.717) is 30.3 Å². The van der Waals surface area contributed by atoms with Crippen LogP contribution in [0, 0.1) is 0 Å². The van der Waals surface area contributed by atoms with Crippen molar-refractivity contribution in [2.75, 3.05) is 13.2 Å². The van der Waals surface area contributed by atoms with Crippen LogP contribution in [-0.4, -0.2) is 19.1 Å². The molecule has 0 spiro atoms. The molecule has 0 saturated carbocycles. The molecule has 0 bridgehead atoms. The fourth-order valence-electron chi connectivity index (χ4n) is 3.41. The van der Waals surface area contributed by atoms with Crippen molar-refractivity contribution in [3.63, 3.8) is 0 Å². The number of nitrogens with one attached hydrogen (secondary N) is 1. The molecule has 1 aliphatic heterocycles. The average molecular weight is 323 g/mol. The first-order valence-corrected chi connectivity index (χ1v) is 8.53. The van der Waals surface area contributed by atoms with Gasteiger partial charge in [0.15, 0.2) is 11.5 Å². The molecule has 0 unspecified atom stereocenters. The zero-order chi connectivity index (χ0) is 16.5. The predicted octanol–water partition coefficient (Wildman–Crippen LogP) is 3.44. The molecule has 2 aromatic rings. The van der Waals surface area contributed by atoms with E-state index in [9.17, 15) is 4.79 Å². The molecule has 0 fully saturated rings. The number of aryl methyl sites for hydroxylation is 2. The highest BCUT2D eigenvalue weighted by atomic mass is 16.6. The van der Waals surface area contributed by atoms with Crippen LogP contribution in [0.25, 0.3) is 0 Å². The molecule has 4 nitrogen and oxygen atoms in total. The molecule has 1 N–H and O–H groups in total. The highest BCUT2D eigenvalue weighted by molar-refractivity contribution is 5.95. The smallest absolute Gasteiger partial charge is 0.251 e. The van der Waals surface area contributed by atoms with Crippen LogP contribution in [-0.2, 0) is 12.8 Å². The number of rotatable bonds is 3. The molecule has 4 heteroatoms. The van der Waals surface area contributed by atoms with E-state index < -0.39 is 0 Å². The van der Waals surface area contributed by atoms with E-state index >= 15 is 0 Å². The van der Waals surface area contributed by atoms with Gasteiger partial charge in [-0.1, -0.05) is 18.2 Å². The molecule has 24 heavy (non-hydrogen) atoms. The molecule has 4 rings (SSSR count). The molecule has 2 aliphatic rings. The molecular formula is C20H21NO3. The number of amides is 1. The Hall–Kier alpha value is -2.49. The van der Waals surface area contributed by atoms with Crippen LogP contribution in [0.1, 0.15) is 46.4 Å². The van der Waals surface area contributed by atoms with E-state index in [1.165, 1.54) is 24.0 Å². The van der Waals surface area contributed by atoms with Crippen molar-refractivity contribution in [2.45, 2.75) is 32.2 Å². The van der Waals surface area contributed by atoms with Crippen LogP contribution < -0.4 is 14.8 Å². The second-order valence-electron chi connectivity index (χ2n) is 6.44. The van der Waals surface area contributed by atoms with Crippen molar-refractivity contribution >= 4 is 5.91 Å². The number of carbonyl (C=O) groups excluding carboxylic acids is 1. The Morgan fingerprint density at radius 1 is 1.00 bits per heavy atom. The van der Waals surface area contributed by atoms with E-state index in [0.717, 1.165) is 12.0 Å². The topological polar surface area (TPSA) is 47.6 Å². The summed E-state index contributed by atoms with van der Waals surface area (Å²) in [5, 5.41) is 3.08. The minimum atomic E-state index is -0.0972. The summed E-state index contributed by atoms with van der Waals surface area (Å²) in [6.07, 6.45) is 3.55. The van der Waals surface area contributed by atoms with Gasteiger partial charge in [-0.25, -0.2) is 0 Å². The third-order valence-electron chi connectivity index (χ3n) is 4.77. The van der Waals surface area contributed by atoms with E-state index in [1.54, 1.807) is 18.2 Å². The van der Waals surface area contributed by atoms with Gasteiger partial charge in [-0.2, -0.15) is 0 Å². The van der Waals surface area contributed by atoms with Gasteiger partial charge in [-0.3, -0.25) is 4.79 Å². The third-order valence-corrected chi connectivity index (χ3v) is 4.77. The maximum atomic E-state index is 12.5. The average Bonchev–Trinajstić information content (AvgIpc) is 3.08. The number of hydrogen-bond donors (Lipinski definition) is 1. The summed E-state index contributed by atoms with van der Waals surface area (Å²) in [5.41, 5.74) is 4.62. The molecule has 1 amide bonds. The van der Waals surface area contributed by atoms with Gasteiger partial charge < -0.3 is 14.8 Å². The summed E-state index contributed by atoms with van der Waals surface area (Å²) < 4.78 is 11.0. The molecule has 1 aliphatic carbocycles. The normalized spacial score (nSPS) is 16.4. The Morgan fingerprint density at radius 3 is 2.67 bits per heavy atom. The molecule has 0 radical (unpaired) electrons. The SMILES string of the molecule is C[C@H](NC(=O)c1ccc2c(c1)OCCO2)c1ccc2c(c1)CCC2. The highest BCUT2D eigenvalue weighted by Crippen LogP contribution is 2.31. The van der Waals surface area contributed by atoms with E-state index in [1.807, 2.05) is 6.92 Å². The standard InChI is InChI=1S/C20H21NO3/c1-13(15-6-5-14-3-2-4-16(14)11-15)21-20(22)17-7-8-18-19(12-17)24-10-9-23-18/h5-8,11-13H,2-4,9-10H2,1H3,(H,21,22)/t13-/m0/s1. The predicted molar refractivity (Wildman–Crippen MR) is 91.8 cm³/mol. The van der Waals surface area contributed by atoms with Crippen molar-refractivity contribution in [3.05, 3.63) is 58.7 Å². The fraction of sp³-hybridized carbons (Fsp3) is 0.350. The number of hydrogen-bond acceptors (Lipinski definition) is 3. The van der Waals surface area contributed by atoms with Crippen LogP contribution >= 0.6 is 0 Å². The molecule has 0 aromatic heterocycles. The lowest BCUT2D eigenvalue weighted by molar-refractivity contribution is 0.0938. The zero-order valence-corrected chi connectivity index (χ0v) is 13.8. The van der Waals surface area contributed by atoms with Gasteiger partial charge in [0, 0.05) is 5.56 Å². The van der Waals surface area contributed by atoms with Gasteiger partial charge >= 0.3 is 0 Å². The maximum Gasteiger partial charge on any atom is 0.251 e. The summed E-state index contributed by atoms with van der Waals surface area (Å²) in [4.78, 5) is 12.5. The lowest BCUT2D eigenvalue weighted by Gasteiger charge is -2.19. The van der Waals surface area contributed by atoms with Gasteiger partial charge in [0.2, 0.25) is 0 Å². The van der Waals surface area contributed by atoms with E-state index in [2.05, 4.69) is 23.5 Å². The van der Waals surface area contributed by atoms with Gasteiger partial charge in [-0.15, -0.1) is 0 Å². The van der Waals surface area contributed by atoms with Crippen LogP contribution in [0.4, 0.5) is 0 Å². The van der Waals surface area contributed by atoms with E-state index in [-0.39, 0.29) is 11.9 Å². The van der Waals surface area contributed by atoms with Crippen molar-refractivity contribution in [1.82, 2.24) is 5.32 Å². The number of benzene rings is 2. The number of fused-ring (bicyclic) bond motifs is 2. The molecule has 0 saturated heterocycles. The number of carbonyl (C=O) groups is 1. The summed E-state index contributed by atoms with van der Waals surface area (Å²) in [7, 11) is 0. The first kappa shape index (κ1) is 15.1. The van der Waals surface area contributed by atoms with Crippen LogP contribution in [0.3, 0.4) is 0 Å². The Balaban J connectivity index is 1.49. The van der Waals surface area contributed by atoms with Gasteiger partial charge in [-0.05, 0) is 61.1 Å². The van der Waals surface area contributed by atoms with Crippen molar-refractivity contribution in [3.8, 4) is 11.5 Å². The van der Waals surface area contributed by atoms with E-state index in [4.69, 9.17) is 9.47 Å². The van der Waals surface area contributed by atoms with Crippen LogP contribution in [0.5, 0.6) is 11.5 Å². The highest BCUT2D eigenvalue weighted by Gasteiger charge is 2.18. The Labute approximate surface area is 141 Å². The molecule has 124 valence electrons. The van der Waals surface area contributed by atoms with Crippen LogP contribution in [0.15, 0.2) is 36.4 Å². The second-order valence-corrected chi connectivity index (χ2v) is 6.44. The maximum absolute atomic E-state index is 12.5. The lowest BCUT2D eigenvalue weighted by atomic mass is 10.0. The van der Waals surface area contributed by atoms with Crippen molar-refractivity contribution < 1.29 is 14.3 Å². The summed E-state index contributed by atoms with van der Waals surface area (Å²) >= 11 is 0. The third kappa shape index (κ3) is 2.84. The number of ether oxygens (including phenoxy) is 2. The van der Waals surface area contributed by atoms with Gasteiger partial charge in [0.05, 0.1) is 6.04 Å². The quantitative estimate of drug-likeness (QED) is 0.941. The fourth-order valence-corrected chi connectivity index (χ4v) is 3.41. The van der Waals surface area contributed by atoms with Gasteiger partial charge in [0.1, 0.15) is 13.2 Å². The molecular weight excluding hydrogens is 302 g/mol. The Morgan fingerprint density at radius 2 is 1.79 bits per heavy atom. The molecule has 2 aromatic carbocycles. The summed E-state index contributed by atoms with van der Waals surface area (Å²) in [5.74, 6) is 1.24. The second kappa shape index (κ2) is 6.19. The first-order chi connectivity index (χ1) is 11.7. The molecule has 1 atom stereocenters. The summed E-state index contributed by atoms with van der Waals surface area (Å²) in [6.45, 7) is 3.09.